The number of carbonyl (C=O) groups is 2. The van der Waals surface area contributed by atoms with Crippen molar-refractivity contribution in [3.63, 3.8) is 0 Å². The van der Waals surface area contributed by atoms with Gasteiger partial charge in [0.2, 0.25) is 0 Å². The van der Waals surface area contributed by atoms with E-state index in [9.17, 15) is 9.59 Å². The summed E-state index contributed by atoms with van der Waals surface area (Å²) < 4.78 is 5.20. The third kappa shape index (κ3) is 3.87. The lowest BCUT2D eigenvalue weighted by atomic mass is 9.98. The molecular formula is C21H23NO4. The quantitative estimate of drug-likeness (QED) is 0.894. The molecule has 0 aromatic heterocycles. The fraction of sp³-hybridized carbons (Fsp3) is 0.333. The van der Waals surface area contributed by atoms with E-state index in [-0.39, 0.29) is 5.91 Å². The van der Waals surface area contributed by atoms with Crippen LogP contribution in [-0.4, -0.2) is 42.1 Å². The normalized spacial score (nSPS) is 16.5. The zero-order valence-electron chi connectivity index (χ0n) is 15.1. The van der Waals surface area contributed by atoms with Crippen LogP contribution in [0.1, 0.15) is 38.3 Å². The van der Waals surface area contributed by atoms with E-state index in [1.807, 2.05) is 42.2 Å². The maximum atomic E-state index is 12.8. The minimum Gasteiger partial charge on any atom is -0.497 e. The van der Waals surface area contributed by atoms with Crippen LogP contribution in [0.2, 0.25) is 0 Å². The fourth-order valence-electron chi connectivity index (χ4n) is 3.47. The number of rotatable bonds is 5. The van der Waals surface area contributed by atoms with Crippen molar-refractivity contribution < 1.29 is 19.4 Å². The molecule has 1 heterocycles. The van der Waals surface area contributed by atoms with Gasteiger partial charge in [0.1, 0.15) is 5.75 Å². The first kappa shape index (κ1) is 18.0. The number of likely N-dealkylation sites (tertiary alicyclic amines) is 1. The summed E-state index contributed by atoms with van der Waals surface area (Å²) in [6.07, 6.45) is 1.81. The van der Waals surface area contributed by atoms with Gasteiger partial charge in [-0.1, -0.05) is 12.1 Å². The summed E-state index contributed by atoms with van der Waals surface area (Å²) in [7, 11) is 1.62. The lowest BCUT2D eigenvalue weighted by Crippen LogP contribution is -2.29. The molecule has 1 saturated heterocycles. The van der Waals surface area contributed by atoms with Gasteiger partial charge in [-0.3, -0.25) is 4.79 Å². The summed E-state index contributed by atoms with van der Waals surface area (Å²) in [5.41, 5.74) is 3.04. The Morgan fingerprint density at radius 1 is 1.19 bits per heavy atom. The van der Waals surface area contributed by atoms with Crippen molar-refractivity contribution in [2.24, 2.45) is 5.92 Å². The van der Waals surface area contributed by atoms with E-state index in [4.69, 9.17) is 9.84 Å². The predicted octanol–water partition coefficient (Wildman–Crippen LogP) is 3.41. The standard InChI is InChI=1S/C21H23NO4/c1-14-11-18(26-2)7-8-19(14)20(23)22-10-9-16(13-22)12-15-3-5-17(6-4-15)21(24)25/h3-8,11,16H,9-10,12-13H2,1-2H3,(H,24,25). The summed E-state index contributed by atoms with van der Waals surface area (Å²) in [6.45, 7) is 3.40. The zero-order valence-corrected chi connectivity index (χ0v) is 15.1. The molecule has 5 heteroatoms. The number of aryl methyl sites for hydroxylation is 1. The smallest absolute Gasteiger partial charge is 0.335 e. The first-order chi connectivity index (χ1) is 12.5. The number of methoxy groups -OCH3 is 1. The first-order valence-corrected chi connectivity index (χ1v) is 8.74. The highest BCUT2D eigenvalue weighted by Gasteiger charge is 2.27. The number of nitrogens with zero attached hydrogens (tertiary/aromatic N) is 1. The Hall–Kier alpha value is -2.82. The average Bonchev–Trinajstić information content (AvgIpc) is 3.10. The highest BCUT2D eigenvalue weighted by atomic mass is 16.5. The minimum atomic E-state index is -0.913. The molecule has 136 valence electrons. The highest BCUT2D eigenvalue weighted by molar-refractivity contribution is 5.96. The molecule has 0 radical (unpaired) electrons. The Kier molecular flexibility index (Phi) is 5.26. The van der Waals surface area contributed by atoms with Crippen LogP contribution in [0.4, 0.5) is 0 Å². The van der Waals surface area contributed by atoms with Crippen molar-refractivity contribution >= 4 is 11.9 Å². The lowest BCUT2D eigenvalue weighted by Gasteiger charge is -2.18. The molecule has 2 aromatic rings. The fourth-order valence-corrected chi connectivity index (χ4v) is 3.47. The van der Waals surface area contributed by atoms with Crippen LogP contribution in [0, 0.1) is 12.8 Å². The van der Waals surface area contributed by atoms with Gasteiger partial charge in [-0.2, -0.15) is 0 Å². The summed E-state index contributed by atoms with van der Waals surface area (Å²) >= 11 is 0. The average molecular weight is 353 g/mol. The second kappa shape index (κ2) is 7.60. The molecule has 1 fully saturated rings. The SMILES string of the molecule is COc1ccc(C(=O)N2CCC(Cc3ccc(C(=O)O)cc3)C2)c(C)c1. The number of carboxylic acids is 1. The zero-order chi connectivity index (χ0) is 18.7. The molecule has 26 heavy (non-hydrogen) atoms. The first-order valence-electron chi connectivity index (χ1n) is 8.74. The molecule has 5 nitrogen and oxygen atoms in total. The second-order valence-electron chi connectivity index (χ2n) is 6.79. The van der Waals surface area contributed by atoms with Crippen molar-refractivity contribution in [1.82, 2.24) is 4.90 Å². The van der Waals surface area contributed by atoms with Crippen molar-refractivity contribution in [2.75, 3.05) is 20.2 Å². The van der Waals surface area contributed by atoms with Crippen LogP contribution < -0.4 is 4.74 Å². The number of ether oxygens (including phenoxy) is 1. The van der Waals surface area contributed by atoms with Gasteiger partial charge in [-0.05, 0) is 67.1 Å². The molecule has 1 aliphatic heterocycles. The Bertz CT molecular complexity index is 813. The van der Waals surface area contributed by atoms with Crippen molar-refractivity contribution in [2.45, 2.75) is 19.8 Å². The van der Waals surface area contributed by atoms with E-state index in [0.29, 0.717) is 11.5 Å². The Balaban J connectivity index is 1.63. The predicted molar refractivity (Wildman–Crippen MR) is 98.8 cm³/mol. The molecule has 0 aliphatic carbocycles. The van der Waals surface area contributed by atoms with Crippen molar-refractivity contribution in [1.29, 1.82) is 0 Å². The van der Waals surface area contributed by atoms with E-state index in [2.05, 4.69) is 0 Å². The Morgan fingerprint density at radius 2 is 1.92 bits per heavy atom. The molecule has 1 N–H and O–H groups in total. The van der Waals surface area contributed by atoms with Gasteiger partial charge < -0.3 is 14.7 Å². The molecule has 1 atom stereocenters. The number of benzene rings is 2. The molecule has 2 aromatic carbocycles. The molecule has 1 amide bonds. The van der Waals surface area contributed by atoms with Crippen LogP contribution in [0.25, 0.3) is 0 Å². The van der Waals surface area contributed by atoms with Crippen molar-refractivity contribution in [3.8, 4) is 5.75 Å². The van der Waals surface area contributed by atoms with Gasteiger partial charge in [0.25, 0.3) is 5.91 Å². The van der Waals surface area contributed by atoms with E-state index < -0.39 is 5.97 Å². The van der Waals surface area contributed by atoms with Gasteiger partial charge >= 0.3 is 5.97 Å². The van der Waals surface area contributed by atoms with E-state index >= 15 is 0 Å². The van der Waals surface area contributed by atoms with Crippen molar-refractivity contribution in [3.05, 3.63) is 64.7 Å². The maximum Gasteiger partial charge on any atom is 0.335 e. The summed E-state index contributed by atoms with van der Waals surface area (Å²) in [4.78, 5) is 25.6. The van der Waals surface area contributed by atoms with Crippen LogP contribution in [0.5, 0.6) is 5.75 Å². The van der Waals surface area contributed by atoms with Crippen LogP contribution in [-0.2, 0) is 6.42 Å². The van der Waals surface area contributed by atoms with Gasteiger partial charge in [0.05, 0.1) is 12.7 Å². The van der Waals surface area contributed by atoms with E-state index in [1.54, 1.807) is 19.2 Å². The van der Waals surface area contributed by atoms with E-state index in [1.165, 1.54) is 0 Å². The number of carbonyl (C=O) groups excluding carboxylic acids is 1. The summed E-state index contributed by atoms with van der Waals surface area (Å²) in [5.74, 6) is 0.300. The van der Waals surface area contributed by atoms with Gasteiger partial charge in [-0.25, -0.2) is 4.79 Å². The third-order valence-corrected chi connectivity index (χ3v) is 4.96. The Morgan fingerprint density at radius 3 is 2.54 bits per heavy atom. The second-order valence-corrected chi connectivity index (χ2v) is 6.79. The number of amides is 1. The molecule has 1 unspecified atom stereocenters. The molecule has 3 rings (SSSR count). The van der Waals surface area contributed by atoms with Gasteiger partial charge in [0, 0.05) is 18.7 Å². The number of aromatic carboxylic acids is 1. The topological polar surface area (TPSA) is 66.8 Å². The van der Waals surface area contributed by atoms with Crippen LogP contribution in [0.3, 0.4) is 0 Å². The van der Waals surface area contributed by atoms with Crippen LogP contribution in [0.15, 0.2) is 42.5 Å². The Labute approximate surface area is 153 Å². The number of hydrogen-bond acceptors (Lipinski definition) is 3. The van der Waals surface area contributed by atoms with Crippen LogP contribution >= 0.6 is 0 Å². The number of hydrogen-bond donors (Lipinski definition) is 1. The summed E-state index contributed by atoms with van der Waals surface area (Å²) in [6, 6.07) is 12.5. The minimum absolute atomic E-state index is 0.0638. The third-order valence-electron chi connectivity index (χ3n) is 4.96. The number of carboxylic acid groups (broad SMARTS) is 1. The van der Waals surface area contributed by atoms with Gasteiger partial charge in [-0.15, -0.1) is 0 Å². The molecule has 1 aliphatic rings. The highest BCUT2D eigenvalue weighted by Crippen LogP contribution is 2.25. The molecular weight excluding hydrogens is 330 g/mol. The van der Waals surface area contributed by atoms with Gasteiger partial charge in [0.15, 0.2) is 0 Å². The monoisotopic (exact) mass is 353 g/mol. The van der Waals surface area contributed by atoms with E-state index in [0.717, 1.165) is 48.4 Å². The lowest BCUT2D eigenvalue weighted by molar-refractivity contribution is 0.0696. The summed E-state index contributed by atoms with van der Waals surface area (Å²) in [5, 5.41) is 8.97. The molecule has 0 bridgehead atoms. The molecule has 0 saturated carbocycles. The maximum absolute atomic E-state index is 12.8. The largest absolute Gasteiger partial charge is 0.497 e. The molecule has 0 spiro atoms.